The Labute approximate surface area is 187 Å². The Kier molecular flexibility index (Phi) is 7.32. The zero-order valence-corrected chi connectivity index (χ0v) is 18.0. The third-order valence-electron chi connectivity index (χ3n) is 5.11. The molecule has 0 aliphatic carbocycles. The molecule has 7 nitrogen and oxygen atoms in total. The second-order valence-corrected chi connectivity index (χ2v) is 7.78. The minimum Gasteiger partial charge on any atom is -0.379 e. The highest BCUT2D eigenvalue weighted by atomic mass is 35.5. The quantitative estimate of drug-likeness (QED) is 0.528. The number of nitrogens with zero attached hydrogens (tertiary/aromatic N) is 3. The molecule has 1 saturated heterocycles. The number of hydrogen-bond acceptors (Lipinski definition) is 5. The lowest BCUT2D eigenvalue weighted by atomic mass is 10.2. The van der Waals surface area contributed by atoms with E-state index in [2.05, 4.69) is 20.5 Å². The summed E-state index contributed by atoms with van der Waals surface area (Å²) in [5.41, 5.74) is 2.58. The number of benzene rings is 2. The third kappa shape index (κ3) is 5.92. The van der Waals surface area contributed by atoms with Crippen LogP contribution in [0.3, 0.4) is 0 Å². The van der Waals surface area contributed by atoms with Crippen LogP contribution in [0.4, 0.5) is 5.95 Å². The highest BCUT2D eigenvalue weighted by Gasteiger charge is 2.14. The van der Waals surface area contributed by atoms with Crippen LogP contribution in [0.1, 0.15) is 0 Å². The topological polar surface area (TPSA) is 71.4 Å². The molecule has 0 radical (unpaired) electrons. The van der Waals surface area contributed by atoms with Gasteiger partial charge >= 0.3 is 0 Å². The summed E-state index contributed by atoms with van der Waals surface area (Å²) in [5.74, 6) is 0.316. The summed E-state index contributed by atoms with van der Waals surface area (Å²) >= 11 is 6.18. The van der Waals surface area contributed by atoms with E-state index in [9.17, 15) is 4.79 Å². The summed E-state index contributed by atoms with van der Waals surface area (Å²) < 4.78 is 7.20. The molecular formula is C23H26ClN5O2. The molecule has 1 aliphatic heterocycles. The molecule has 1 aromatic heterocycles. The first-order valence-electron chi connectivity index (χ1n) is 10.4. The van der Waals surface area contributed by atoms with Crippen molar-refractivity contribution in [3.05, 3.63) is 65.8 Å². The van der Waals surface area contributed by atoms with E-state index >= 15 is 0 Å². The van der Waals surface area contributed by atoms with Crippen LogP contribution in [-0.2, 0) is 9.53 Å². The van der Waals surface area contributed by atoms with Gasteiger partial charge in [0.2, 0.25) is 11.9 Å². The number of anilines is 1. The predicted octanol–water partition coefficient (Wildman–Crippen LogP) is 3.05. The van der Waals surface area contributed by atoms with E-state index in [1.807, 2.05) is 65.4 Å². The lowest BCUT2D eigenvalue weighted by Gasteiger charge is -2.26. The fraction of sp³-hybridized carbons (Fsp3) is 0.304. The summed E-state index contributed by atoms with van der Waals surface area (Å²) in [4.78, 5) is 19.6. The van der Waals surface area contributed by atoms with Crippen molar-refractivity contribution in [2.75, 3.05) is 51.3 Å². The zero-order chi connectivity index (χ0) is 21.5. The number of hydrogen-bond donors (Lipinski definition) is 2. The number of ether oxygens (including phenoxy) is 1. The number of rotatable bonds is 8. The number of nitrogens with one attached hydrogen (secondary N) is 2. The van der Waals surface area contributed by atoms with Gasteiger partial charge in [0.15, 0.2) is 0 Å². The third-order valence-corrected chi connectivity index (χ3v) is 5.34. The van der Waals surface area contributed by atoms with Crippen LogP contribution >= 0.6 is 11.6 Å². The minimum absolute atomic E-state index is 0.143. The largest absolute Gasteiger partial charge is 0.379 e. The van der Waals surface area contributed by atoms with Gasteiger partial charge in [0.25, 0.3) is 0 Å². The van der Waals surface area contributed by atoms with Crippen molar-refractivity contribution in [3.8, 4) is 16.9 Å². The fourth-order valence-electron chi connectivity index (χ4n) is 3.47. The Morgan fingerprint density at radius 3 is 2.68 bits per heavy atom. The maximum Gasteiger partial charge on any atom is 0.240 e. The summed E-state index contributed by atoms with van der Waals surface area (Å²) in [6.07, 6.45) is 1.91. The molecule has 3 aromatic rings. The molecule has 1 aliphatic rings. The van der Waals surface area contributed by atoms with E-state index in [-0.39, 0.29) is 12.5 Å². The Morgan fingerprint density at radius 1 is 1.10 bits per heavy atom. The van der Waals surface area contributed by atoms with Crippen molar-refractivity contribution >= 4 is 23.5 Å². The SMILES string of the molecule is O=C(CNCCN1CCOCC1)Nc1nc(-c2ccccc2)cn1-c1cccc(Cl)c1. The zero-order valence-electron chi connectivity index (χ0n) is 17.3. The van der Waals surface area contributed by atoms with Crippen LogP contribution in [0.2, 0.25) is 5.02 Å². The van der Waals surface area contributed by atoms with Gasteiger partial charge in [-0.2, -0.15) is 0 Å². The molecule has 162 valence electrons. The number of morpholine rings is 1. The van der Waals surface area contributed by atoms with Gasteiger partial charge < -0.3 is 10.1 Å². The van der Waals surface area contributed by atoms with E-state index in [4.69, 9.17) is 16.3 Å². The lowest BCUT2D eigenvalue weighted by Crippen LogP contribution is -2.41. The normalized spacial score (nSPS) is 14.5. The number of imidazole rings is 1. The number of carbonyl (C=O) groups is 1. The number of amides is 1. The summed E-state index contributed by atoms with van der Waals surface area (Å²) in [6.45, 7) is 5.28. The highest BCUT2D eigenvalue weighted by molar-refractivity contribution is 6.30. The van der Waals surface area contributed by atoms with Gasteiger partial charge in [0, 0.05) is 48.6 Å². The van der Waals surface area contributed by atoms with Gasteiger partial charge in [-0.3, -0.25) is 19.6 Å². The van der Waals surface area contributed by atoms with Crippen LogP contribution in [0.5, 0.6) is 0 Å². The van der Waals surface area contributed by atoms with Gasteiger partial charge in [-0.1, -0.05) is 48.0 Å². The molecule has 1 amide bonds. The predicted molar refractivity (Wildman–Crippen MR) is 123 cm³/mol. The lowest BCUT2D eigenvalue weighted by molar-refractivity contribution is -0.115. The van der Waals surface area contributed by atoms with Crippen LogP contribution in [0, 0.1) is 0 Å². The molecule has 0 saturated carbocycles. The molecule has 2 N–H and O–H groups in total. The van der Waals surface area contributed by atoms with E-state index in [1.165, 1.54) is 0 Å². The molecule has 31 heavy (non-hydrogen) atoms. The highest BCUT2D eigenvalue weighted by Crippen LogP contribution is 2.25. The van der Waals surface area contributed by atoms with Crippen LogP contribution < -0.4 is 10.6 Å². The molecule has 0 spiro atoms. The molecule has 0 bridgehead atoms. The van der Waals surface area contributed by atoms with Gasteiger partial charge in [0.1, 0.15) is 0 Å². The van der Waals surface area contributed by atoms with Crippen molar-refractivity contribution in [2.45, 2.75) is 0 Å². The number of aromatic nitrogens is 2. The first kappa shape index (κ1) is 21.5. The van der Waals surface area contributed by atoms with E-state index in [1.54, 1.807) is 0 Å². The number of halogens is 1. The van der Waals surface area contributed by atoms with Gasteiger partial charge in [-0.05, 0) is 18.2 Å². The van der Waals surface area contributed by atoms with Crippen molar-refractivity contribution in [1.82, 2.24) is 19.8 Å². The summed E-state index contributed by atoms with van der Waals surface area (Å²) in [6, 6.07) is 17.3. The van der Waals surface area contributed by atoms with Crippen LogP contribution in [-0.4, -0.2) is 66.3 Å². The first-order valence-corrected chi connectivity index (χ1v) is 10.8. The van der Waals surface area contributed by atoms with Crippen molar-refractivity contribution in [1.29, 1.82) is 0 Å². The maximum absolute atomic E-state index is 12.6. The Hall–Kier alpha value is -2.71. The molecular weight excluding hydrogens is 414 g/mol. The molecule has 2 aromatic carbocycles. The molecule has 0 unspecified atom stereocenters. The second-order valence-electron chi connectivity index (χ2n) is 7.34. The smallest absolute Gasteiger partial charge is 0.240 e. The van der Waals surface area contributed by atoms with Crippen LogP contribution in [0.25, 0.3) is 16.9 Å². The molecule has 2 heterocycles. The Balaban J connectivity index is 1.43. The monoisotopic (exact) mass is 439 g/mol. The minimum atomic E-state index is -0.143. The molecule has 4 rings (SSSR count). The van der Waals surface area contributed by atoms with Crippen molar-refractivity contribution < 1.29 is 9.53 Å². The van der Waals surface area contributed by atoms with Gasteiger partial charge in [0.05, 0.1) is 25.5 Å². The Bertz CT molecular complexity index is 1000. The average molecular weight is 440 g/mol. The van der Waals surface area contributed by atoms with Crippen LogP contribution in [0.15, 0.2) is 60.8 Å². The van der Waals surface area contributed by atoms with Gasteiger partial charge in [-0.25, -0.2) is 4.98 Å². The second kappa shape index (κ2) is 10.5. The van der Waals surface area contributed by atoms with E-state index < -0.39 is 0 Å². The number of carbonyl (C=O) groups excluding carboxylic acids is 1. The van der Waals surface area contributed by atoms with E-state index in [0.717, 1.165) is 56.3 Å². The fourth-order valence-corrected chi connectivity index (χ4v) is 3.66. The summed E-state index contributed by atoms with van der Waals surface area (Å²) in [7, 11) is 0. The van der Waals surface area contributed by atoms with Crippen molar-refractivity contribution in [3.63, 3.8) is 0 Å². The van der Waals surface area contributed by atoms with Crippen molar-refractivity contribution in [2.24, 2.45) is 0 Å². The molecule has 0 atom stereocenters. The van der Waals surface area contributed by atoms with Gasteiger partial charge in [-0.15, -0.1) is 0 Å². The Morgan fingerprint density at radius 2 is 1.90 bits per heavy atom. The average Bonchev–Trinajstić information content (AvgIpc) is 3.22. The molecule has 8 heteroatoms. The van der Waals surface area contributed by atoms with E-state index in [0.29, 0.717) is 11.0 Å². The standard InChI is InChI=1S/C23H26ClN5O2/c24-19-7-4-8-20(15-19)29-17-21(18-5-2-1-3-6-18)26-23(29)27-22(30)16-25-9-10-28-11-13-31-14-12-28/h1-8,15,17,25H,9-14,16H2,(H,26,27,30). The molecule has 1 fully saturated rings. The summed E-state index contributed by atoms with van der Waals surface area (Å²) in [5, 5.41) is 6.76. The first-order chi connectivity index (χ1) is 15.2. The maximum atomic E-state index is 12.6.